The smallest absolute Gasteiger partial charge is 0.189 e. The fourth-order valence-corrected chi connectivity index (χ4v) is 3.83. The zero-order valence-electron chi connectivity index (χ0n) is 14.8. The number of carbonyl (C=O) groups excluding carboxylic acids is 1. The SMILES string of the molecule is COc1ccccc1OCC1(C(=O)C=Cc2ccc(O)c(O)c2)NCCS1. The lowest BCUT2D eigenvalue weighted by Crippen LogP contribution is -2.49. The molecule has 142 valence electrons. The summed E-state index contributed by atoms with van der Waals surface area (Å²) in [5.41, 5.74) is 0.613. The first-order valence-corrected chi connectivity index (χ1v) is 9.42. The highest BCUT2D eigenvalue weighted by Crippen LogP contribution is 2.33. The average molecular weight is 387 g/mol. The Bertz CT molecular complexity index is 846. The highest BCUT2D eigenvalue weighted by atomic mass is 32.2. The number of thioether (sulfide) groups is 1. The van der Waals surface area contributed by atoms with Crippen LogP contribution >= 0.6 is 11.8 Å². The van der Waals surface area contributed by atoms with Crippen molar-refractivity contribution in [3.8, 4) is 23.0 Å². The van der Waals surface area contributed by atoms with Crippen LogP contribution in [0.15, 0.2) is 48.5 Å². The van der Waals surface area contributed by atoms with Crippen molar-refractivity contribution in [1.82, 2.24) is 5.32 Å². The molecule has 0 aromatic heterocycles. The van der Waals surface area contributed by atoms with E-state index in [9.17, 15) is 15.0 Å². The van der Waals surface area contributed by atoms with Gasteiger partial charge in [-0.2, -0.15) is 0 Å². The molecule has 0 saturated carbocycles. The van der Waals surface area contributed by atoms with E-state index in [1.54, 1.807) is 31.4 Å². The summed E-state index contributed by atoms with van der Waals surface area (Å²) in [5.74, 6) is 1.43. The molecule has 1 aliphatic rings. The molecule has 1 aliphatic heterocycles. The Morgan fingerprint density at radius 3 is 2.67 bits per heavy atom. The lowest BCUT2D eigenvalue weighted by Gasteiger charge is -2.26. The molecule has 3 rings (SSSR count). The Balaban J connectivity index is 1.74. The number of nitrogens with one attached hydrogen (secondary N) is 1. The molecule has 1 saturated heterocycles. The number of ketones is 1. The molecular formula is C20H21NO5S. The number of rotatable bonds is 7. The molecule has 6 nitrogen and oxygen atoms in total. The molecule has 1 fully saturated rings. The topological polar surface area (TPSA) is 88.0 Å². The van der Waals surface area contributed by atoms with E-state index in [4.69, 9.17) is 9.47 Å². The molecule has 27 heavy (non-hydrogen) atoms. The summed E-state index contributed by atoms with van der Waals surface area (Å²) in [6.07, 6.45) is 3.07. The molecule has 0 amide bonds. The van der Waals surface area contributed by atoms with Crippen molar-refractivity contribution in [2.75, 3.05) is 26.0 Å². The van der Waals surface area contributed by atoms with Crippen LogP contribution in [0.5, 0.6) is 23.0 Å². The first-order valence-electron chi connectivity index (χ1n) is 8.43. The van der Waals surface area contributed by atoms with Crippen molar-refractivity contribution in [2.24, 2.45) is 0 Å². The average Bonchev–Trinajstić information content (AvgIpc) is 3.17. The third-order valence-corrected chi connectivity index (χ3v) is 5.55. The summed E-state index contributed by atoms with van der Waals surface area (Å²) >= 11 is 1.50. The summed E-state index contributed by atoms with van der Waals surface area (Å²) < 4.78 is 11.2. The second-order valence-electron chi connectivity index (χ2n) is 5.99. The minimum atomic E-state index is -0.879. The van der Waals surface area contributed by atoms with E-state index >= 15 is 0 Å². The predicted octanol–water partition coefficient (Wildman–Crippen LogP) is 2.80. The summed E-state index contributed by atoms with van der Waals surface area (Å²) in [4.78, 5) is 12.0. The van der Waals surface area contributed by atoms with Crippen molar-refractivity contribution >= 4 is 23.6 Å². The highest BCUT2D eigenvalue weighted by Gasteiger charge is 2.41. The van der Waals surface area contributed by atoms with Gasteiger partial charge >= 0.3 is 0 Å². The molecule has 1 unspecified atom stereocenters. The van der Waals surface area contributed by atoms with Gasteiger partial charge in [0.25, 0.3) is 0 Å². The monoisotopic (exact) mass is 387 g/mol. The van der Waals surface area contributed by atoms with Crippen molar-refractivity contribution < 1.29 is 24.5 Å². The van der Waals surface area contributed by atoms with Crippen LogP contribution in [0.1, 0.15) is 5.56 Å². The van der Waals surface area contributed by atoms with Crippen LogP contribution in [-0.4, -0.2) is 46.9 Å². The zero-order chi connectivity index (χ0) is 19.3. The van der Waals surface area contributed by atoms with Gasteiger partial charge in [-0.05, 0) is 35.9 Å². The Morgan fingerprint density at radius 2 is 2.00 bits per heavy atom. The standard InChI is InChI=1S/C20H21NO5S/c1-25-17-4-2-3-5-18(17)26-13-20(21-10-11-27-20)19(24)9-7-14-6-8-15(22)16(23)12-14/h2-9,12,21-23H,10-11,13H2,1H3. The molecule has 1 heterocycles. The molecule has 1 atom stereocenters. The summed E-state index contributed by atoms with van der Waals surface area (Å²) in [5, 5.41) is 22.2. The summed E-state index contributed by atoms with van der Waals surface area (Å²) in [6.45, 7) is 0.863. The van der Waals surface area contributed by atoms with E-state index in [0.29, 0.717) is 23.6 Å². The first kappa shape index (κ1) is 19.1. The molecule has 0 bridgehead atoms. The van der Waals surface area contributed by atoms with Gasteiger partial charge in [0, 0.05) is 12.3 Å². The second kappa shape index (κ2) is 8.37. The summed E-state index contributed by atoms with van der Waals surface area (Å²) in [6, 6.07) is 11.7. The van der Waals surface area contributed by atoms with E-state index in [1.807, 2.05) is 12.1 Å². The van der Waals surface area contributed by atoms with Crippen LogP contribution in [0.25, 0.3) is 6.08 Å². The molecule has 0 radical (unpaired) electrons. The molecule has 0 spiro atoms. The minimum absolute atomic E-state index is 0.132. The zero-order valence-corrected chi connectivity index (χ0v) is 15.7. The number of ether oxygens (including phenoxy) is 2. The number of methoxy groups -OCH3 is 1. The van der Waals surface area contributed by atoms with Gasteiger partial charge in [-0.25, -0.2) is 0 Å². The predicted molar refractivity (Wildman–Crippen MR) is 105 cm³/mol. The highest BCUT2D eigenvalue weighted by molar-refractivity contribution is 8.01. The van der Waals surface area contributed by atoms with E-state index in [2.05, 4.69) is 5.32 Å². The number of hydrogen-bond acceptors (Lipinski definition) is 7. The lowest BCUT2D eigenvalue weighted by atomic mass is 10.1. The van der Waals surface area contributed by atoms with Gasteiger partial charge in [0.05, 0.1) is 7.11 Å². The molecule has 2 aromatic carbocycles. The van der Waals surface area contributed by atoms with E-state index in [-0.39, 0.29) is 23.9 Å². The number of aromatic hydroxyl groups is 2. The number of benzene rings is 2. The normalized spacial score (nSPS) is 19.3. The van der Waals surface area contributed by atoms with Crippen molar-refractivity contribution in [2.45, 2.75) is 4.87 Å². The molecule has 7 heteroatoms. The third-order valence-electron chi connectivity index (χ3n) is 4.19. The second-order valence-corrected chi connectivity index (χ2v) is 7.38. The number of para-hydroxylation sites is 2. The fraction of sp³-hybridized carbons (Fsp3) is 0.250. The van der Waals surface area contributed by atoms with Gasteiger partial charge in [0.2, 0.25) is 0 Å². The number of phenols is 2. The van der Waals surface area contributed by atoms with Gasteiger partial charge in [-0.1, -0.05) is 24.3 Å². The minimum Gasteiger partial charge on any atom is -0.504 e. The van der Waals surface area contributed by atoms with E-state index in [1.165, 1.54) is 30.0 Å². The number of hydrogen-bond donors (Lipinski definition) is 3. The van der Waals surface area contributed by atoms with E-state index in [0.717, 1.165) is 5.75 Å². The fourth-order valence-electron chi connectivity index (χ4n) is 2.72. The maximum Gasteiger partial charge on any atom is 0.189 e. The number of carbonyl (C=O) groups is 1. The molecule has 2 aromatic rings. The van der Waals surface area contributed by atoms with Crippen LogP contribution in [0.4, 0.5) is 0 Å². The quantitative estimate of drug-likeness (QED) is 0.497. The van der Waals surface area contributed by atoms with Crippen LogP contribution in [0.3, 0.4) is 0 Å². The Kier molecular flexibility index (Phi) is 5.93. The van der Waals surface area contributed by atoms with Crippen LogP contribution in [-0.2, 0) is 4.79 Å². The van der Waals surface area contributed by atoms with Crippen LogP contribution in [0, 0.1) is 0 Å². The number of phenolic OH excluding ortho intramolecular Hbond substituents is 2. The lowest BCUT2D eigenvalue weighted by molar-refractivity contribution is -0.118. The van der Waals surface area contributed by atoms with Crippen molar-refractivity contribution in [3.63, 3.8) is 0 Å². The van der Waals surface area contributed by atoms with Crippen molar-refractivity contribution in [3.05, 3.63) is 54.1 Å². The Labute approximate surface area is 161 Å². The van der Waals surface area contributed by atoms with Crippen LogP contribution < -0.4 is 14.8 Å². The Hall–Kier alpha value is -2.64. The maximum absolute atomic E-state index is 12.9. The maximum atomic E-state index is 12.9. The van der Waals surface area contributed by atoms with E-state index < -0.39 is 4.87 Å². The third kappa shape index (κ3) is 4.37. The first-order chi connectivity index (χ1) is 13.0. The van der Waals surface area contributed by atoms with Crippen LogP contribution in [0.2, 0.25) is 0 Å². The van der Waals surface area contributed by atoms with Crippen molar-refractivity contribution in [1.29, 1.82) is 0 Å². The Morgan fingerprint density at radius 1 is 1.22 bits per heavy atom. The molecule has 3 N–H and O–H groups in total. The van der Waals surface area contributed by atoms with Gasteiger partial charge < -0.3 is 19.7 Å². The van der Waals surface area contributed by atoms with Gasteiger partial charge in [0.15, 0.2) is 33.7 Å². The molecular weight excluding hydrogens is 366 g/mol. The summed E-state index contributed by atoms with van der Waals surface area (Å²) in [7, 11) is 1.57. The van der Waals surface area contributed by atoms with Gasteiger partial charge in [-0.3, -0.25) is 10.1 Å². The van der Waals surface area contributed by atoms with Gasteiger partial charge in [-0.15, -0.1) is 11.8 Å². The molecule has 0 aliphatic carbocycles. The van der Waals surface area contributed by atoms with Gasteiger partial charge in [0.1, 0.15) is 6.61 Å². The largest absolute Gasteiger partial charge is 0.504 e.